The quantitative estimate of drug-likeness (QED) is 0.325. The van der Waals surface area contributed by atoms with Crippen LogP contribution in [-0.2, 0) is 11.3 Å². The fourth-order valence-electron chi connectivity index (χ4n) is 3.70. The number of rotatable bonds is 9. The lowest BCUT2D eigenvalue weighted by molar-refractivity contribution is 0.184. The zero-order valence-electron chi connectivity index (χ0n) is 18.9. The monoisotopic (exact) mass is 502 g/mol. The molecule has 2 aromatic carbocycles. The van der Waals surface area contributed by atoms with E-state index in [-0.39, 0.29) is 12.6 Å². The average Bonchev–Trinajstić information content (AvgIpc) is 2.79. The Morgan fingerprint density at radius 2 is 1.61 bits per heavy atom. The molecule has 0 aliphatic rings. The molecule has 0 spiro atoms. The number of halogens is 2. The van der Waals surface area contributed by atoms with Crippen LogP contribution in [0.5, 0.6) is 0 Å². The number of hydrogen-bond acceptors (Lipinski definition) is 4. The smallest absolute Gasteiger partial charge is 0.125 e. The van der Waals surface area contributed by atoms with Crippen LogP contribution >= 0.6 is 35.4 Å². The van der Waals surface area contributed by atoms with Gasteiger partial charge >= 0.3 is 0 Å². The summed E-state index contributed by atoms with van der Waals surface area (Å²) in [6, 6.07) is 17.1. The van der Waals surface area contributed by atoms with Gasteiger partial charge in [0.05, 0.1) is 24.9 Å². The second-order valence-electron chi connectivity index (χ2n) is 8.32. The molecule has 174 valence electrons. The maximum absolute atomic E-state index is 9.83. The molecule has 1 atom stereocenters. The fraction of sp³-hybridized carbons (Fsp3) is 0.308. The summed E-state index contributed by atoms with van der Waals surface area (Å²) in [5.41, 5.74) is 5.10. The highest BCUT2D eigenvalue weighted by atomic mass is 35.5. The van der Waals surface area contributed by atoms with Gasteiger partial charge in [0.2, 0.25) is 0 Å². The molecule has 1 heterocycles. The molecule has 0 bridgehead atoms. The van der Waals surface area contributed by atoms with Crippen molar-refractivity contribution < 1.29 is 9.84 Å². The van der Waals surface area contributed by atoms with E-state index in [2.05, 4.69) is 25.2 Å². The number of aliphatic hydroxyl groups is 1. The summed E-state index contributed by atoms with van der Waals surface area (Å²) in [5.74, 6) is 0.417. The van der Waals surface area contributed by atoms with Crippen LogP contribution in [0.25, 0.3) is 22.4 Å². The zero-order chi connectivity index (χ0) is 24.0. The van der Waals surface area contributed by atoms with Crippen molar-refractivity contribution in [2.75, 3.05) is 13.7 Å². The lowest BCUT2D eigenvalue weighted by Crippen LogP contribution is -2.38. The molecule has 1 unspecified atom stereocenters. The van der Waals surface area contributed by atoms with Gasteiger partial charge in [-0.05, 0) is 48.2 Å². The molecule has 2 N–H and O–H groups in total. The van der Waals surface area contributed by atoms with Crippen LogP contribution < -0.4 is 5.32 Å². The van der Waals surface area contributed by atoms with Crippen molar-refractivity contribution in [3.63, 3.8) is 0 Å². The summed E-state index contributed by atoms with van der Waals surface area (Å²) in [4.78, 5) is 5.50. The standard InChI is InChI=1S/C26H28Cl2N2O2S/c1-16(2)12-22(14-31)29-26(33)25-19(15-32-3)13-23(17-4-8-20(27)9-5-17)24(30-25)18-6-10-21(28)11-7-18/h4-11,13,16,22,31H,12,14-15H2,1-3H3,(H,29,33). The highest BCUT2D eigenvalue weighted by molar-refractivity contribution is 7.80. The van der Waals surface area contributed by atoms with Gasteiger partial charge in [0.1, 0.15) is 10.7 Å². The first-order valence-electron chi connectivity index (χ1n) is 10.8. The lowest BCUT2D eigenvalue weighted by atomic mass is 9.96. The highest BCUT2D eigenvalue weighted by Crippen LogP contribution is 2.34. The second-order valence-corrected chi connectivity index (χ2v) is 9.60. The number of nitrogens with one attached hydrogen (secondary N) is 1. The van der Waals surface area contributed by atoms with Crippen LogP contribution in [0.4, 0.5) is 0 Å². The molecular weight excluding hydrogens is 475 g/mol. The zero-order valence-corrected chi connectivity index (χ0v) is 21.3. The van der Waals surface area contributed by atoms with Gasteiger partial charge in [-0.1, -0.05) is 73.5 Å². The molecule has 4 nitrogen and oxygen atoms in total. The number of pyridine rings is 1. The van der Waals surface area contributed by atoms with E-state index in [9.17, 15) is 5.11 Å². The fourth-order valence-corrected chi connectivity index (χ4v) is 4.29. The molecule has 7 heteroatoms. The molecule has 1 aromatic heterocycles. The first-order chi connectivity index (χ1) is 15.8. The van der Waals surface area contributed by atoms with Gasteiger partial charge in [-0.15, -0.1) is 0 Å². The van der Waals surface area contributed by atoms with E-state index >= 15 is 0 Å². The summed E-state index contributed by atoms with van der Waals surface area (Å²) in [7, 11) is 1.64. The number of aliphatic hydroxyl groups excluding tert-OH is 1. The number of nitrogens with zero attached hydrogens (tertiary/aromatic N) is 1. The maximum Gasteiger partial charge on any atom is 0.125 e. The van der Waals surface area contributed by atoms with Crippen molar-refractivity contribution in [2.24, 2.45) is 5.92 Å². The molecule has 0 aliphatic heterocycles. The molecule has 0 saturated carbocycles. The van der Waals surface area contributed by atoms with Gasteiger partial charge < -0.3 is 15.2 Å². The van der Waals surface area contributed by atoms with E-state index in [1.54, 1.807) is 7.11 Å². The minimum atomic E-state index is -0.149. The molecule has 0 radical (unpaired) electrons. The van der Waals surface area contributed by atoms with Crippen LogP contribution in [-0.4, -0.2) is 34.8 Å². The number of aromatic nitrogens is 1. The van der Waals surface area contributed by atoms with Crippen LogP contribution in [0.1, 0.15) is 31.5 Å². The highest BCUT2D eigenvalue weighted by Gasteiger charge is 2.20. The van der Waals surface area contributed by atoms with Gasteiger partial charge in [-0.3, -0.25) is 0 Å². The molecule has 0 aliphatic carbocycles. The van der Waals surface area contributed by atoms with E-state index in [4.69, 9.17) is 45.1 Å². The molecule has 0 amide bonds. The summed E-state index contributed by atoms with van der Waals surface area (Å²) in [6.45, 7) is 4.56. The van der Waals surface area contributed by atoms with Crippen LogP contribution in [0.3, 0.4) is 0 Å². The summed E-state index contributed by atoms with van der Waals surface area (Å²) >= 11 is 18.0. The minimum Gasteiger partial charge on any atom is -0.394 e. The second kappa shape index (κ2) is 11.9. The Hall–Kier alpha value is -2.02. The van der Waals surface area contributed by atoms with Crippen LogP contribution in [0, 0.1) is 5.92 Å². The number of benzene rings is 2. The summed E-state index contributed by atoms with van der Waals surface area (Å²) in [5, 5.41) is 14.4. The Labute approximate surface area is 210 Å². The van der Waals surface area contributed by atoms with Crippen LogP contribution in [0.15, 0.2) is 54.6 Å². The predicted molar refractivity (Wildman–Crippen MR) is 141 cm³/mol. The number of hydrogen-bond donors (Lipinski definition) is 2. The Bertz CT molecular complexity index is 1090. The third kappa shape index (κ3) is 6.75. The lowest BCUT2D eigenvalue weighted by Gasteiger charge is -2.22. The van der Waals surface area contributed by atoms with E-state index in [0.29, 0.717) is 33.3 Å². The van der Waals surface area contributed by atoms with Crippen molar-refractivity contribution in [3.8, 4) is 22.4 Å². The predicted octanol–water partition coefficient (Wildman–Crippen LogP) is 6.54. The molecule has 3 aromatic rings. The molecule has 3 rings (SSSR count). The van der Waals surface area contributed by atoms with Crippen LogP contribution in [0.2, 0.25) is 10.0 Å². The molecule has 0 saturated heterocycles. The Kier molecular flexibility index (Phi) is 9.24. The van der Waals surface area contributed by atoms with Crippen molar-refractivity contribution in [2.45, 2.75) is 32.9 Å². The van der Waals surface area contributed by atoms with E-state index in [1.807, 2.05) is 48.5 Å². The Morgan fingerprint density at radius 3 is 2.12 bits per heavy atom. The van der Waals surface area contributed by atoms with Gasteiger partial charge in [0, 0.05) is 33.8 Å². The summed E-state index contributed by atoms with van der Waals surface area (Å²) < 4.78 is 5.47. The first-order valence-corrected chi connectivity index (χ1v) is 11.9. The van der Waals surface area contributed by atoms with Gasteiger partial charge in [-0.2, -0.15) is 0 Å². The molecule has 33 heavy (non-hydrogen) atoms. The molecular formula is C26H28Cl2N2O2S. The van der Waals surface area contributed by atoms with Gasteiger partial charge in [0.25, 0.3) is 0 Å². The number of methoxy groups -OCH3 is 1. The Morgan fingerprint density at radius 1 is 1.03 bits per heavy atom. The van der Waals surface area contributed by atoms with E-state index < -0.39 is 0 Å². The molecule has 0 fully saturated rings. The third-order valence-corrected chi connectivity index (χ3v) is 6.02. The first kappa shape index (κ1) is 25.6. The Balaban J connectivity index is 2.14. The van der Waals surface area contributed by atoms with Crippen molar-refractivity contribution in [1.29, 1.82) is 0 Å². The maximum atomic E-state index is 9.83. The van der Waals surface area contributed by atoms with Crippen molar-refractivity contribution >= 4 is 40.4 Å². The van der Waals surface area contributed by atoms with E-state index in [1.165, 1.54) is 0 Å². The van der Waals surface area contributed by atoms with Gasteiger partial charge in [0.15, 0.2) is 0 Å². The third-order valence-electron chi connectivity index (χ3n) is 5.20. The van der Waals surface area contributed by atoms with Crippen molar-refractivity contribution in [1.82, 2.24) is 10.3 Å². The number of ether oxygens (including phenoxy) is 1. The minimum absolute atomic E-state index is 0.00910. The van der Waals surface area contributed by atoms with E-state index in [0.717, 1.165) is 34.4 Å². The summed E-state index contributed by atoms with van der Waals surface area (Å²) in [6.07, 6.45) is 0.795. The average molecular weight is 503 g/mol. The topological polar surface area (TPSA) is 54.4 Å². The normalized spacial score (nSPS) is 12.1. The van der Waals surface area contributed by atoms with Gasteiger partial charge in [-0.25, -0.2) is 4.98 Å². The largest absolute Gasteiger partial charge is 0.394 e. The number of thiocarbonyl (C=S) groups is 1. The SMILES string of the molecule is COCc1cc(-c2ccc(Cl)cc2)c(-c2ccc(Cl)cc2)nc1C(=S)NC(CO)CC(C)C. The van der Waals surface area contributed by atoms with Crippen molar-refractivity contribution in [3.05, 3.63) is 75.9 Å².